The summed E-state index contributed by atoms with van der Waals surface area (Å²) < 4.78 is 2.82. The van der Waals surface area contributed by atoms with Crippen LogP contribution in [0.2, 0.25) is 0 Å². The standard InChI is InChI=1S/C29H40N4O4/c1-20-8-6-7-17-31(20)26(34)19-32-25-12-5-4-11-24(25)28(36)33(29(32)37)18-21-13-15-22(16-14-21)27(35)30-23-9-2-3-10-23/h4-5,11-12,20-23H,2-3,6-10,13-19H2,1H3,(H,30,35)/t20-,21?,22?/m1/s1. The van der Waals surface area contributed by atoms with E-state index >= 15 is 0 Å². The SMILES string of the molecule is C[C@@H]1CCCCN1C(=O)Cn1c(=O)n(CC2CCC(C(=O)NC3CCCC3)CC2)c(=O)c2ccccc21. The number of amides is 2. The van der Waals surface area contributed by atoms with E-state index in [4.69, 9.17) is 0 Å². The summed E-state index contributed by atoms with van der Waals surface area (Å²) in [6, 6.07) is 7.58. The van der Waals surface area contributed by atoms with Crippen molar-refractivity contribution >= 4 is 22.7 Å². The number of nitrogens with one attached hydrogen (secondary N) is 1. The van der Waals surface area contributed by atoms with Gasteiger partial charge in [-0.2, -0.15) is 0 Å². The summed E-state index contributed by atoms with van der Waals surface area (Å²) in [6.45, 7) is 3.04. The van der Waals surface area contributed by atoms with Crippen LogP contribution in [0.15, 0.2) is 33.9 Å². The zero-order valence-electron chi connectivity index (χ0n) is 22.0. The molecule has 1 atom stereocenters. The van der Waals surface area contributed by atoms with Crippen molar-refractivity contribution < 1.29 is 9.59 Å². The second kappa shape index (κ2) is 11.2. The van der Waals surface area contributed by atoms with Gasteiger partial charge in [0.25, 0.3) is 5.56 Å². The fraction of sp³-hybridized carbons (Fsp3) is 0.655. The van der Waals surface area contributed by atoms with Crippen LogP contribution in [0.25, 0.3) is 10.9 Å². The van der Waals surface area contributed by atoms with Gasteiger partial charge >= 0.3 is 5.69 Å². The van der Waals surface area contributed by atoms with E-state index in [1.165, 1.54) is 22.0 Å². The number of likely N-dealkylation sites (tertiary alicyclic amines) is 1. The predicted octanol–water partition coefficient (Wildman–Crippen LogP) is 3.43. The second-order valence-corrected chi connectivity index (χ2v) is 11.4. The lowest BCUT2D eigenvalue weighted by Crippen LogP contribution is -2.47. The molecule has 1 aromatic carbocycles. The number of para-hydroxylation sites is 1. The highest BCUT2D eigenvalue weighted by molar-refractivity contribution is 5.82. The van der Waals surface area contributed by atoms with E-state index in [0.717, 1.165) is 57.8 Å². The third-order valence-corrected chi connectivity index (χ3v) is 8.91. The van der Waals surface area contributed by atoms with Crippen LogP contribution in [0.5, 0.6) is 0 Å². The smallest absolute Gasteiger partial charge is 0.331 e. The first-order valence-electron chi connectivity index (χ1n) is 14.2. The molecule has 1 N–H and O–H groups in total. The minimum Gasteiger partial charge on any atom is -0.353 e. The van der Waals surface area contributed by atoms with Gasteiger partial charge in [0.2, 0.25) is 11.8 Å². The summed E-state index contributed by atoms with van der Waals surface area (Å²) >= 11 is 0. The minimum absolute atomic E-state index is 0.0194. The third kappa shape index (κ3) is 5.53. The Hall–Kier alpha value is -2.90. The van der Waals surface area contributed by atoms with E-state index in [9.17, 15) is 19.2 Å². The first kappa shape index (κ1) is 25.7. The highest BCUT2D eigenvalue weighted by Crippen LogP contribution is 2.30. The number of aromatic nitrogens is 2. The molecule has 2 saturated carbocycles. The van der Waals surface area contributed by atoms with Gasteiger partial charge in [0.15, 0.2) is 0 Å². The summed E-state index contributed by atoms with van der Waals surface area (Å²) in [6.07, 6.45) is 10.8. The van der Waals surface area contributed by atoms with Crippen molar-refractivity contribution in [2.75, 3.05) is 6.54 Å². The molecule has 3 aliphatic rings. The van der Waals surface area contributed by atoms with Crippen LogP contribution < -0.4 is 16.6 Å². The van der Waals surface area contributed by atoms with Crippen molar-refractivity contribution in [1.29, 1.82) is 0 Å². The molecule has 1 aliphatic heterocycles. The quantitative estimate of drug-likeness (QED) is 0.647. The van der Waals surface area contributed by atoms with Crippen molar-refractivity contribution in [3.8, 4) is 0 Å². The van der Waals surface area contributed by atoms with E-state index in [1.54, 1.807) is 24.3 Å². The highest BCUT2D eigenvalue weighted by atomic mass is 16.2. The van der Waals surface area contributed by atoms with Gasteiger partial charge in [0.05, 0.1) is 10.9 Å². The summed E-state index contributed by atoms with van der Waals surface area (Å²) in [5, 5.41) is 3.69. The van der Waals surface area contributed by atoms with Gasteiger partial charge in [0.1, 0.15) is 6.54 Å². The van der Waals surface area contributed by atoms with Crippen molar-refractivity contribution in [2.24, 2.45) is 11.8 Å². The average Bonchev–Trinajstić information content (AvgIpc) is 3.42. The Labute approximate surface area is 218 Å². The fourth-order valence-corrected chi connectivity index (χ4v) is 6.63. The number of piperidine rings is 1. The largest absolute Gasteiger partial charge is 0.353 e. The Kier molecular flexibility index (Phi) is 7.81. The van der Waals surface area contributed by atoms with Gasteiger partial charge in [-0.15, -0.1) is 0 Å². The highest BCUT2D eigenvalue weighted by Gasteiger charge is 2.30. The zero-order valence-corrected chi connectivity index (χ0v) is 22.0. The van der Waals surface area contributed by atoms with Crippen molar-refractivity contribution in [3.63, 3.8) is 0 Å². The van der Waals surface area contributed by atoms with Gasteiger partial charge in [0, 0.05) is 31.1 Å². The lowest BCUT2D eigenvalue weighted by atomic mass is 9.81. The van der Waals surface area contributed by atoms with Crippen molar-refractivity contribution in [2.45, 2.75) is 103 Å². The van der Waals surface area contributed by atoms with E-state index in [0.29, 0.717) is 30.0 Å². The number of fused-ring (bicyclic) bond motifs is 1. The van der Waals surface area contributed by atoms with Gasteiger partial charge in [-0.1, -0.05) is 25.0 Å². The molecule has 8 heteroatoms. The van der Waals surface area contributed by atoms with E-state index in [2.05, 4.69) is 12.2 Å². The minimum atomic E-state index is -0.414. The molecule has 2 aromatic rings. The Morgan fingerprint density at radius 2 is 1.59 bits per heavy atom. The Morgan fingerprint density at radius 1 is 0.892 bits per heavy atom. The monoisotopic (exact) mass is 508 g/mol. The van der Waals surface area contributed by atoms with Gasteiger partial charge in [-0.25, -0.2) is 4.79 Å². The van der Waals surface area contributed by atoms with Crippen LogP contribution in [-0.2, 0) is 22.7 Å². The average molecular weight is 509 g/mol. The molecule has 8 nitrogen and oxygen atoms in total. The third-order valence-electron chi connectivity index (χ3n) is 8.91. The number of carbonyl (C=O) groups excluding carboxylic acids is 2. The van der Waals surface area contributed by atoms with E-state index < -0.39 is 5.69 Å². The molecule has 5 rings (SSSR count). The predicted molar refractivity (Wildman–Crippen MR) is 143 cm³/mol. The van der Waals surface area contributed by atoms with Crippen LogP contribution in [-0.4, -0.2) is 44.5 Å². The van der Waals surface area contributed by atoms with Crippen LogP contribution in [0.3, 0.4) is 0 Å². The van der Waals surface area contributed by atoms with Crippen LogP contribution in [0, 0.1) is 11.8 Å². The van der Waals surface area contributed by atoms with Crippen molar-refractivity contribution in [1.82, 2.24) is 19.4 Å². The molecule has 3 fully saturated rings. The van der Waals surface area contributed by atoms with Crippen LogP contribution in [0.1, 0.15) is 77.6 Å². The van der Waals surface area contributed by atoms with Gasteiger partial charge < -0.3 is 10.2 Å². The molecular formula is C29H40N4O4. The molecule has 1 aromatic heterocycles. The molecule has 0 bridgehead atoms. The molecule has 0 radical (unpaired) electrons. The molecule has 2 amide bonds. The maximum atomic E-state index is 13.6. The molecule has 200 valence electrons. The number of benzene rings is 1. The zero-order chi connectivity index (χ0) is 25.9. The molecule has 2 heterocycles. The Balaban J connectivity index is 1.33. The molecule has 2 aliphatic carbocycles. The summed E-state index contributed by atoms with van der Waals surface area (Å²) in [4.78, 5) is 54.8. The van der Waals surface area contributed by atoms with Gasteiger partial charge in [-0.05, 0) is 82.8 Å². The van der Waals surface area contributed by atoms with Crippen molar-refractivity contribution in [3.05, 3.63) is 45.1 Å². The molecular weight excluding hydrogens is 468 g/mol. The Morgan fingerprint density at radius 3 is 2.32 bits per heavy atom. The molecule has 0 spiro atoms. The summed E-state index contributed by atoms with van der Waals surface area (Å²) in [5.41, 5.74) is -0.196. The second-order valence-electron chi connectivity index (χ2n) is 11.4. The summed E-state index contributed by atoms with van der Waals surface area (Å²) in [7, 11) is 0. The van der Waals surface area contributed by atoms with Crippen LogP contribution >= 0.6 is 0 Å². The summed E-state index contributed by atoms with van der Waals surface area (Å²) in [5.74, 6) is 0.277. The first-order chi connectivity index (χ1) is 17.9. The Bertz CT molecular complexity index is 1250. The number of rotatable bonds is 6. The molecule has 37 heavy (non-hydrogen) atoms. The number of hydrogen-bond donors (Lipinski definition) is 1. The van der Waals surface area contributed by atoms with Gasteiger partial charge in [-0.3, -0.25) is 23.5 Å². The number of carbonyl (C=O) groups is 2. The lowest BCUT2D eigenvalue weighted by molar-refractivity contribution is -0.135. The fourth-order valence-electron chi connectivity index (χ4n) is 6.63. The number of nitrogens with zero attached hydrogens (tertiary/aromatic N) is 3. The maximum Gasteiger partial charge on any atom is 0.331 e. The van der Waals surface area contributed by atoms with E-state index in [1.807, 2.05) is 4.90 Å². The first-order valence-corrected chi connectivity index (χ1v) is 14.2. The maximum absolute atomic E-state index is 13.6. The van der Waals surface area contributed by atoms with E-state index in [-0.39, 0.29) is 41.8 Å². The number of hydrogen-bond acceptors (Lipinski definition) is 4. The van der Waals surface area contributed by atoms with Crippen LogP contribution in [0.4, 0.5) is 0 Å². The molecule has 0 unspecified atom stereocenters. The lowest BCUT2D eigenvalue weighted by Gasteiger charge is -2.33. The molecule has 1 saturated heterocycles. The normalized spacial score (nSPS) is 24.9. The topological polar surface area (TPSA) is 93.4 Å².